The van der Waals surface area contributed by atoms with E-state index in [-0.39, 0.29) is 22.9 Å². The van der Waals surface area contributed by atoms with Crippen molar-refractivity contribution in [3.05, 3.63) is 39.9 Å². The molecule has 2 saturated heterocycles. The number of carbonyl (C=O) groups is 2. The van der Waals surface area contributed by atoms with Gasteiger partial charge in [-0.1, -0.05) is 6.92 Å². The number of fused-ring (bicyclic) bond motifs is 1. The molecule has 3 fully saturated rings. The molecule has 0 atom stereocenters. The first-order chi connectivity index (χ1) is 17.0. The number of hydrogen-bond acceptors (Lipinski definition) is 6. The van der Waals surface area contributed by atoms with Gasteiger partial charge in [0.1, 0.15) is 11.4 Å². The van der Waals surface area contributed by atoms with Gasteiger partial charge in [0.05, 0.1) is 11.2 Å². The highest BCUT2D eigenvalue weighted by Gasteiger charge is 2.29. The van der Waals surface area contributed by atoms with Gasteiger partial charge in [-0.25, -0.2) is 9.18 Å². The van der Waals surface area contributed by atoms with E-state index in [4.69, 9.17) is 4.74 Å². The molecule has 0 unspecified atom stereocenters. The van der Waals surface area contributed by atoms with Crippen molar-refractivity contribution >= 4 is 28.5 Å². The molecule has 3 aliphatic rings. The summed E-state index contributed by atoms with van der Waals surface area (Å²) in [7, 11) is 0. The smallest absolute Gasteiger partial charge is 0.344 e. The van der Waals surface area contributed by atoms with Crippen molar-refractivity contribution in [3.63, 3.8) is 0 Å². The molecule has 1 aromatic heterocycles. The third kappa shape index (κ3) is 4.91. The van der Waals surface area contributed by atoms with Crippen LogP contribution in [0, 0.1) is 5.82 Å². The number of likely N-dealkylation sites (N-methyl/N-ethyl adjacent to an activating group) is 1. The Balaban J connectivity index is 1.42. The van der Waals surface area contributed by atoms with Gasteiger partial charge in [-0.3, -0.25) is 9.59 Å². The van der Waals surface area contributed by atoms with Gasteiger partial charge in [0.15, 0.2) is 6.61 Å². The molecular weight excluding hydrogens is 451 g/mol. The molecule has 5 rings (SSSR count). The van der Waals surface area contributed by atoms with E-state index in [1.54, 1.807) is 11.0 Å². The molecule has 1 saturated carbocycles. The quantitative estimate of drug-likeness (QED) is 0.587. The second kappa shape index (κ2) is 9.97. The summed E-state index contributed by atoms with van der Waals surface area (Å²) in [4.78, 5) is 44.5. The molecular formula is C26H33FN4O4. The van der Waals surface area contributed by atoms with Crippen LogP contribution in [-0.2, 0) is 9.53 Å². The van der Waals surface area contributed by atoms with Gasteiger partial charge in [-0.2, -0.15) is 0 Å². The summed E-state index contributed by atoms with van der Waals surface area (Å²) >= 11 is 0. The normalized spacial score (nSPS) is 19.3. The summed E-state index contributed by atoms with van der Waals surface area (Å²) in [6, 6.07) is 3.17. The Kier molecular flexibility index (Phi) is 6.77. The minimum absolute atomic E-state index is 0.153. The Bertz CT molecular complexity index is 1180. The number of pyridine rings is 1. The molecule has 0 N–H and O–H groups in total. The van der Waals surface area contributed by atoms with Crippen LogP contribution in [0.4, 0.5) is 10.1 Å². The number of likely N-dealkylation sites (tertiary alicyclic amines) is 1. The highest BCUT2D eigenvalue weighted by molar-refractivity contribution is 5.95. The fraction of sp³-hybridized carbons (Fsp3) is 0.577. The number of rotatable bonds is 6. The number of benzene rings is 1. The Morgan fingerprint density at radius 1 is 1.03 bits per heavy atom. The number of piperidine rings is 1. The van der Waals surface area contributed by atoms with Gasteiger partial charge in [-0.05, 0) is 50.8 Å². The summed E-state index contributed by atoms with van der Waals surface area (Å²) in [5, 5.41) is 0.169. The molecule has 0 radical (unpaired) electrons. The van der Waals surface area contributed by atoms with Gasteiger partial charge in [0.25, 0.3) is 5.91 Å². The summed E-state index contributed by atoms with van der Waals surface area (Å²) < 4.78 is 22.4. The van der Waals surface area contributed by atoms with E-state index in [1.165, 1.54) is 12.3 Å². The van der Waals surface area contributed by atoms with E-state index in [2.05, 4.69) is 11.8 Å². The van der Waals surface area contributed by atoms with Crippen LogP contribution in [0.2, 0.25) is 0 Å². The van der Waals surface area contributed by atoms with E-state index in [9.17, 15) is 14.4 Å². The number of esters is 1. The van der Waals surface area contributed by atoms with Crippen LogP contribution in [-0.4, -0.2) is 78.7 Å². The first-order valence-corrected chi connectivity index (χ1v) is 12.8. The first kappa shape index (κ1) is 23.8. The largest absolute Gasteiger partial charge is 0.452 e. The van der Waals surface area contributed by atoms with Crippen LogP contribution < -0.4 is 10.3 Å². The van der Waals surface area contributed by atoms with Gasteiger partial charge in [0.2, 0.25) is 5.43 Å². The predicted molar refractivity (Wildman–Crippen MR) is 131 cm³/mol. The minimum atomic E-state index is -0.836. The van der Waals surface area contributed by atoms with Crippen molar-refractivity contribution in [3.8, 4) is 0 Å². The lowest BCUT2D eigenvalue weighted by Gasteiger charge is -2.35. The topological polar surface area (TPSA) is 75.1 Å². The Morgan fingerprint density at radius 2 is 1.74 bits per heavy atom. The van der Waals surface area contributed by atoms with E-state index >= 15 is 4.39 Å². The number of carbonyl (C=O) groups excluding carboxylic acids is 2. The van der Waals surface area contributed by atoms with Crippen LogP contribution in [0.5, 0.6) is 0 Å². The molecule has 1 amide bonds. The zero-order valence-corrected chi connectivity index (χ0v) is 20.3. The fourth-order valence-electron chi connectivity index (χ4n) is 5.15. The molecule has 2 aromatic rings. The molecule has 1 aliphatic carbocycles. The number of halogens is 1. The number of nitrogens with zero attached hydrogens (tertiary/aromatic N) is 4. The van der Waals surface area contributed by atoms with Crippen LogP contribution in [0.15, 0.2) is 23.1 Å². The number of amides is 1. The van der Waals surface area contributed by atoms with Crippen molar-refractivity contribution in [1.82, 2.24) is 14.4 Å². The average molecular weight is 485 g/mol. The Labute approximate surface area is 204 Å². The second-order valence-electron chi connectivity index (χ2n) is 9.77. The van der Waals surface area contributed by atoms with Gasteiger partial charge in [0, 0.05) is 56.9 Å². The summed E-state index contributed by atoms with van der Waals surface area (Å²) in [5.41, 5.74) is 0.408. The lowest BCUT2D eigenvalue weighted by molar-refractivity contribution is -0.135. The summed E-state index contributed by atoms with van der Waals surface area (Å²) in [5.74, 6) is -1.55. The monoisotopic (exact) mass is 484 g/mol. The SMILES string of the molecule is CCN1CCN(c2cc3c(cc2F)c(=O)c(C(=O)OCC(=O)N2CCCCC2)cn3C2CC2)CC1. The van der Waals surface area contributed by atoms with Crippen LogP contribution in [0.1, 0.15) is 55.4 Å². The molecule has 8 nitrogen and oxygen atoms in total. The van der Waals surface area contributed by atoms with Crippen molar-refractivity contribution in [2.45, 2.75) is 45.1 Å². The van der Waals surface area contributed by atoms with E-state index in [0.717, 1.165) is 64.8 Å². The van der Waals surface area contributed by atoms with E-state index in [1.807, 2.05) is 9.47 Å². The van der Waals surface area contributed by atoms with Crippen LogP contribution in [0.3, 0.4) is 0 Å². The molecule has 188 valence electrons. The maximum absolute atomic E-state index is 15.2. The fourth-order valence-corrected chi connectivity index (χ4v) is 5.15. The molecule has 9 heteroatoms. The second-order valence-corrected chi connectivity index (χ2v) is 9.77. The number of ether oxygens (including phenoxy) is 1. The lowest BCUT2D eigenvalue weighted by atomic mass is 10.1. The lowest BCUT2D eigenvalue weighted by Crippen LogP contribution is -2.46. The van der Waals surface area contributed by atoms with Crippen molar-refractivity contribution in [1.29, 1.82) is 0 Å². The number of anilines is 1. The highest BCUT2D eigenvalue weighted by Crippen LogP contribution is 2.38. The predicted octanol–water partition coefficient (Wildman–Crippen LogP) is 2.79. The zero-order chi connectivity index (χ0) is 24.5. The molecule has 35 heavy (non-hydrogen) atoms. The minimum Gasteiger partial charge on any atom is -0.452 e. The zero-order valence-electron chi connectivity index (χ0n) is 20.3. The van der Waals surface area contributed by atoms with Gasteiger partial charge < -0.3 is 24.0 Å². The van der Waals surface area contributed by atoms with Crippen molar-refractivity contribution in [2.24, 2.45) is 0 Å². The molecule has 2 aliphatic heterocycles. The number of hydrogen-bond donors (Lipinski definition) is 0. The Morgan fingerprint density at radius 3 is 2.40 bits per heavy atom. The van der Waals surface area contributed by atoms with Gasteiger partial charge >= 0.3 is 5.97 Å². The standard InChI is InChI=1S/C26H33FN4O4/c1-2-28-10-12-29(13-11-28)23-15-22-19(14-21(23)27)25(33)20(16-31(22)18-6-7-18)26(34)35-17-24(32)30-8-4-3-5-9-30/h14-16,18H,2-13,17H2,1H3. The molecule has 3 heterocycles. The number of aromatic nitrogens is 1. The van der Waals surface area contributed by atoms with Crippen molar-refractivity contribution < 1.29 is 18.7 Å². The first-order valence-electron chi connectivity index (χ1n) is 12.8. The maximum Gasteiger partial charge on any atom is 0.344 e. The number of piperazine rings is 1. The third-order valence-corrected chi connectivity index (χ3v) is 7.46. The molecule has 1 aromatic carbocycles. The van der Waals surface area contributed by atoms with Crippen molar-refractivity contribution in [2.75, 3.05) is 57.3 Å². The summed E-state index contributed by atoms with van der Waals surface area (Å²) in [6.45, 7) is 7.20. The van der Waals surface area contributed by atoms with Crippen LogP contribution in [0.25, 0.3) is 10.9 Å². The van der Waals surface area contributed by atoms with E-state index < -0.39 is 23.8 Å². The highest BCUT2D eigenvalue weighted by atomic mass is 19.1. The average Bonchev–Trinajstić information content (AvgIpc) is 3.73. The van der Waals surface area contributed by atoms with E-state index in [0.29, 0.717) is 24.3 Å². The van der Waals surface area contributed by atoms with Gasteiger partial charge in [-0.15, -0.1) is 0 Å². The summed E-state index contributed by atoms with van der Waals surface area (Å²) in [6.07, 6.45) is 6.38. The Hall–Kier alpha value is -2.94. The molecule has 0 spiro atoms. The maximum atomic E-state index is 15.2. The third-order valence-electron chi connectivity index (χ3n) is 7.46. The molecule has 0 bridgehead atoms. The van der Waals surface area contributed by atoms with Crippen LogP contribution >= 0.6 is 0 Å².